The zero-order valence-electron chi connectivity index (χ0n) is 9.50. The summed E-state index contributed by atoms with van der Waals surface area (Å²) in [6, 6.07) is 12.5. The van der Waals surface area contributed by atoms with E-state index in [-0.39, 0.29) is 5.82 Å². The number of hydrogen-bond acceptors (Lipinski definition) is 1. The van der Waals surface area contributed by atoms with E-state index in [2.05, 4.69) is 24.4 Å². The van der Waals surface area contributed by atoms with E-state index in [0.29, 0.717) is 11.6 Å². The highest BCUT2D eigenvalue weighted by Crippen LogP contribution is 2.23. The number of aryl methyl sites for hydroxylation is 1. The van der Waals surface area contributed by atoms with Crippen molar-refractivity contribution < 1.29 is 4.39 Å². The third kappa shape index (κ3) is 2.98. The van der Waals surface area contributed by atoms with E-state index in [1.54, 1.807) is 6.07 Å². The van der Waals surface area contributed by atoms with Gasteiger partial charge in [0.05, 0.1) is 10.7 Å². The van der Waals surface area contributed by atoms with Gasteiger partial charge in [-0.3, -0.25) is 0 Å². The second-order valence-corrected chi connectivity index (χ2v) is 4.31. The summed E-state index contributed by atoms with van der Waals surface area (Å²) in [5, 5.41) is 3.60. The fraction of sp³-hybridized carbons (Fsp3) is 0.143. The van der Waals surface area contributed by atoms with Crippen LogP contribution in [0.3, 0.4) is 0 Å². The first-order valence-electron chi connectivity index (χ1n) is 5.40. The Kier molecular flexibility index (Phi) is 3.64. The fourth-order valence-corrected chi connectivity index (χ4v) is 1.87. The van der Waals surface area contributed by atoms with Crippen LogP contribution in [0.5, 0.6) is 0 Å². The zero-order valence-corrected chi connectivity index (χ0v) is 10.3. The average molecular weight is 250 g/mol. The Morgan fingerprint density at radius 3 is 2.65 bits per heavy atom. The lowest BCUT2D eigenvalue weighted by atomic mass is 10.1. The minimum absolute atomic E-state index is 0.323. The highest BCUT2D eigenvalue weighted by molar-refractivity contribution is 6.33. The minimum atomic E-state index is -0.323. The first-order valence-corrected chi connectivity index (χ1v) is 5.78. The molecule has 3 heteroatoms. The summed E-state index contributed by atoms with van der Waals surface area (Å²) in [7, 11) is 0. The molecule has 0 radical (unpaired) electrons. The van der Waals surface area contributed by atoms with Crippen LogP contribution in [-0.4, -0.2) is 0 Å². The Morgan fingerprint density at radius 1 is 1.18 bits per heavy atom. The summed E-state index contributed by atoms with van der Waals surface area (Å²) in [5.41, 5.74) is 3.17. The average Bonchev–Trinajstić information content (AvgIpc) is 2.30. The molecule has 2 rings (SSSR count). The standard InChI is InChI=1S/C14H13ClFN/c1-10-4-2-3-5-11(10)9-17-14-7-6-12(16)8-13(14)15/h2-8,17H,9H2,1H3. The van der Waals surface area contributed by atoms with E-state index in [1.165, 1.54) is 23.3 Å². The van der Waals surface area contributed by atoms with Gasteiger partial charge in [0.2, 0.25) is 0 Å². The van der Waals surface area contributed by atoms with Crippen molar-refractivity contribution in [3.63, 3.8) is 0 Å². The van der Waals surface area contributed by atoms with Crippen molar-refractivity contribution in [1.29, 1.82) is 0 Å². The van der Waals surface area contributed by atoms with Crippen LogP contribution >= 0.6 is 11.6 Å². The van der Waals surface area contributed by atoms with Crippen LogP contribution in [0.1, 0.15) is 11.1 Å². The third-order valence-corrected chi connectivity index (χ3v) is 2.97. The van der Waals surface area contributed by atoms with Crippen molar-refractivity contribution in [3.05, 3.63) is 64.4 Å². The molecule has 0 aliphatic rings. The second-order valence-electron chi connectivity index (χ2n) is 3.90. The van der Waals surface area contributed by atoms with Crippen LogP contribution in [0.2, 0.25) is 5.02 Å². The molecule has 0 amide bonds. The Hall–Kier alpha value is -1.54. The predicted octanol–water partition coefficient (Wildman–Crippen LogP) is 4.40. The van der Waals surface area contributed by atoms with Gasteiger partial charge in [0.1, 0.15) is 5.82 Å². The molecule has 0 bridgehead atoms. The molecule has 0 saturated heterocycles. The monoisotopic (exact) mass is 249 g/mol. The van der Waals surface area contributed by atoms with E-state index < -0.39 is 0 Å². The van der Waals surface area contributed by atoms with Crippen LogP contribution in [0.25, 0.3) is 0 Å². The molecule has 2 aromatic carbocycles. The van der Waals surface area contributed by atoms with Crippen LogP contribution in [0.15, 0.2) is 42.5 Å². The topological polar surface area (TPSA) is 12.0 Å². The van der Waals surface area contributed by atoms with Crippen molar-refractivity contribution >= 4 is 17.3 Å². The Bertz CT molecular complexity index is 525. The summed E-state index contributed by atoms with van der Waals surface area (Å²) in [5.74, 6) is -0.323. The first-order chi connectivity index (χ1) is 8.16. The minimum Gasteiger partial charge on any atom is -0.380 e. The summed E-state index contributed by atoms with van der Waals surface area (Å²) in [6.45, 7) is 2.74. The van der Waals surface area contributed by atoms with Gasteiger partial charge >= 0.3 is 0 Å². The van der Waals surface area contributed by atoms with Crippen molar-refractivity contribution in [3.8, 4) is 0 Å². The van der Waals surface area contributed by atoms with Crippen LogP contribution < -0.4 is 5.32 Å². The van der Waals surface area contributed by atoms with Crippen LogP contribution in [-0.2, 0) is 6.54 Å². The first kappa shape index (κ1) is 11.9. The Balaban J connectivity index is 2.10. The molecule has 0 heterocycles. The van der Waals surface area contributed by atoms with Crippen LogP contribution in [0, 0.1) is 12.7 Å². The third-order valence-electron chi connectivity index (χ3n) is 2.66. The molecule has 1 N–H and O–H groups in total. The largest absolute Gasteiger partial charge is 0.380 e. The van der Waals surface area contributed by atoms with Crippen LogP contribution in [0.4, 0.5) is 10.1 Å². The maximum atomic E-state index is 12.9. The second kappa shape index (κ2) is 5.19. The summed E-state index contributed by atoms with van der Waals surface area (Å²) in [4.78, 5) is 0. The van der Waals surface area contributed by atoms with Gasteiger partial charge in [-0.15, -0.1) is 0 Å². The van der Waals surface area contributed by atoms with Crippen molar-refractivity contribution in [1.82, 2.24) is 0 Å². The van der Waals surface area contributed by atoms with E-state index >= 15 is 0 Å². The quantitative estimate of drug-likeness (QED) is 0.850. The van der Waals surface area contributed by atoms with Gasteiger partial charge in [0, 0.05) is 6.54 Å². The molecule has 0 aliphatic heterocycles. The van der Waals surface area contributed by atoms with Crippen molar-refractivity contribution in [2.24, 2.45) is 0 Å². The lowest BCUT2D eigenvalue weighted by molar-refractivity contribution is 0.628. The van der Waals surface area contributed by atoms with Gasteiger partial charge in [0.15, 0.2) is 0 Å². The smallest absolute Gasteiger partial charge is 0.124 e. The molecule has 0 aromatic heterocycles. The molecule has 0 aliphatic carbocycles. The zero-order chi connectivity index (χ0) is 12.3. The number of halogens is 2. The molecule has 2 aromatic rings. The van der Waals surface area contributed by atoms with Gasteiger partial charge in [-0.2, -0.15) is 0 Å². The molecule has 0 unspecified atom stereocenters. The van der Waals surface area contributed by atoms with Crippen molar-refractivity contribution in [2.45, 2.75) is 13.5 Å². The molecular formula is C14H13ClFN. The van der Waals surface area contributed by atoms with Gasteiger partial charge in [0.25, 0.3) is 0 Å². The summed E-state index contributed by atoms with van der Waals surface area (Å²) >= 11 is 5.93. The highest BCUT2D eigenvalue weighted by Gasteiger charge is 2.02. The van der Waals surface area contributed by atoms with Gasteiger partial charge < -0.3 is 5.32 Å². The number of nitrogens with one attached hydrogen (secondary N) is 1. The predicted molar refractivity (Wildman–Crippen MR) is 69.9 cm³/mol. The maximum absolute atomic E-state index is 12.9. The molecule has 88 valence electrons. The molecule has 17 heavy (non-hydrogen) atoms. The lowest BCUT2D eigenvalue weighted by Crippen LogP contribution is -2.01. The van der Waals surface area contributed by atoms with E-state index in [0.717, 1.165) is 5.69 Å². The van der Waals surface area contributed by atoms with Gasteiger partial charge in [-0.25, -0.2) is 4.39 Å². The van der Waals surface area contributed by atoms with E-state index in [4.69, 9.17) is 11.6 Å². The van der Waals surface area contributed by atoms with Gasteiger partial charge in [-0.1, -0.05) is 35.9 Å². The Labute approximate surface area is 105 Å². The number of hydrogen-bond donors (Lipinski definition) is 1. The normalized spacial score (nSPS) is 10.3. The highest BCUT2D eigenvalue weighted by atomic mass is 35.5. The number of benzene rings is 2. The SMILES string of the molecule is Cc1ccccc1CNc1ccc(F)cc1Cl. The molecule has 0 fully saturated rings. The molecule has 0 saturated carbocycles. The molecule has 1 nitrogen and oxygen atoms in total. The fourth-order valence-electron chi connectivity index (χ4n) is 1.63. The molecule has 0 spiro atoms. The van der Waals surface area contributed by atoms with E-state index in [9.17, 15) is 4.39 Å². The van der Waals surface area contributed by atoms with E-state index in [1.807, 2.05) is 12.1 Å². The number of anilines is 1. The summed E-state index contributed by atoms with van der Waals surface area (Å²) in [6.07, 6.45) is 0. The summed E-state index contributed by atoms with van der Waals surface area (Å²) < 4.78 is 12.9. The lowest BCUT2D eigenvalue weighted by Gasteiger charge is -2.10. The van der Waals surface area contributed by atoms with Gasteiger partial charge in [-0.05, 0) is 36.2 Å². The molecular weight excluding hydrogens is 237 g/mol. The Morgan fingerprint density at radius 2 is 1.94 bits per heavy atom. The van der Waals surface area contributed by atoms with Crippen molar-refractivity contribution in [2.75, 3.05) is 5.32 Å². The maximum Gasteiger partial charge on any atom is 0.124 e. The molecule has 0 atom stereocenters. The number of rotatable bonds is 3.